The minimum atomic E-state index is -0.646. The normalized spacial score (nSPS) is 10.4. The second kappa shape index (κ2) is 6.39. The van der Waals surface area contributed by atoms with Gasteiger partial charge >= 0.3 is 11.7 Å². The lowest BCUT2D eigenvalue weighted by Gasteiger charge is -2.10. The van der Waals surface area contributed by atoms with E-state index < -0.39 is 16.6 Å². The number of nitrogens with zero attached hydrogens (tertiary/aromatic N) is 2. The van der Waals surface area contributed by atoms with Crippen LogP contribution in [0.4, 0.5) is 5.69 Å². The van der Waals surface area contributed by atoms with Gasteiger partial charge in [-0.2, -0.15) is 4.98 Å². The molecule has 8 heteroatoms. The Morgan fingerprint density at radius 1 is 1.39 bits per heavy atom. The van der Waals surface area contributed by atoms with Gasteiger partial charge in [-0.25, -0.2) is 9.59 Å². The third kappa shape index (κ3) is 3.25. The Morgan fingerprint density at radius 3 is 2.70 bits per heavy atom. The number of esters is 1. The van der Waals surface area contributed by atoms with E-state index in [-0.39, 0.29) is 23.6 Å². The number of benzene rings is 1. The summed E-state index contributed by atoms with van der Waals surface area (Å²) in [5.41, 5.74) is 0.461. The van der Waals surface area contributed by atoms with Crippen molar-refractivity contribution in [2.45, 2.75) is 20.8 Å². The zero-order chi connectivity index (χ0) is 17.1. The number of aromatic nitrogens is 2. The van der Waals surface area contributed by atoms with Crippen molar-refractivity contribution in [3.63, 3.8) is 0 Å². The van der Waals surface area contributed by atoms with Crippen molar-refractivity contribution in [1.82, 2.24) is 9.97 Å². The predicted molar refractivity (Wildman–Crippen MR) is 82.4 cm³/mol. The number of hydrogen-bond acceptors (Lipinski definition) is 6. The van der Waals surface area contributed by atoms with Crippen LogP contribution in [0.2, 0.25) is 0 Å². The summed E-state index contributed by atoms with van der Waals surface area (Å²) in [6.07, 6.45) is 0. The van der Waals surface area contributed by atoms with Crippen molar-refractivity contribution in [3.8, 4) is 11.3 Å². The van der Waals surface area contributed by atoms with Gasteiger partial charge in [0, 0.05) is 22.9 Å². The maximum atomic E-state index is 12.1. The van der Waals surface area contributed by atoms with Crippen molar-refractivity contribution >= 4 is 11.7 Å². The van der Waals surface area contributed by atoms with Crippen molar-refractivity contribution in [2.24, 2.45) is 0 Å². The Labute approximate surface area is 131 Å². The summed E-state index contributed by atoms with van der Waals surface area (Å²) < 4.78 is 4.98. The molecule has 1 heterocycles. The van der Waals surface area contributed by atoms with Gasteiger partial charge in [0.2, 0.25) is 0 Å². The summed E-state index contributed by atoms with van der Waals surface area (Å²) >= 11 is 0. The zero-order valence-electron chi connectivity index (χ0n) is 12.9. The molecule has 2 aromatic rings. The largest absolute Gasteiger partial charge is 0.462 e. The standard InChI is InChI=1S/C15H15N3O5/c1-4-23-14(19)12-9(3)16-15(20)17-13(12)10-6-5-8(2)11(7-10)18(21)22/h5-7H,4H2,1-3H3,(H,16,17,20). The highest BCUT2D eigenvalue weighted by Crippen LogP contribution is 2.28. The maximum Gasteiger partial charge on any atom is 0.345 e. The van der Waals surface area contributed by atoms with Crippen LogP contribution in [0.25, 0.3) is 11.3 Å². The number of hydrogen-bond donors (Lipinski definition) is 1. The summed E-state index contributed by atoms with van der Waals surface area (Å²) in [5, 5.41) is 11.1. The van der Waals surface area contributed by atoms with E-state index in [9.17, 15) is 19.7 Å². The molecule has 1 aromatic carbocycles. The van der Waals surface area contributed by atoms with Crippen LogP contribution in [0, 0.1) is 24.0 Å². The number of nitrogens with one attached hydrogen (secondary N) is 1. The first-order chi connectivity index (χ1) is 10.8. The number of aryl methyl sites for hydroxylation is 2. The van der Waals surface area contributed by atoms with E-state index >= 15 is 0 Å². The first kappa shape index (κ1) is 16.3. The van der Waals surface area contributed by atoms with Gasteiger partial charge in [-0.15, -0.1) is 0 Å². The van der Waals surface area contributed by atoms with E-state index in [1.807, 2.05) is 0 Å². The van der Waals surface area contributed by atoms with Gasteiger partial charge in [0.15, 0.2) is 0 Å². The average Bonchev–Trinajstić information content (AvgIpc) is 2.46. The van der Waals surface area contributed by atoms with Crippen LogP contribution in [0.1, 0.15) is 28.5 Å². The van der Waals surface area contributed by atoms with E-state index in [2.05, 4.69) is 9.97 Å². The van der Waals surface area contributed by atoms with Gasteiger partial charge in [-0.05, 0) is 20.8 Å². The summed E-state index contributed by atoms with van der Waals surface area (Å²) in [7, 11) is 0. The van der Waals surface area contributed by atoms with Gasteiger partial charge in [0.25, 0.3) is 5.69 Å². The highest BCUT2D eigenvalue weighted by molar-refractivity contribution is 5.97. The smallest absolute Gasteiger partial charge is 0.345 e. The quantitative estimate of drug-likeness (QED) is 0.525. The molecular weight excluding hydrogens is 302 g/mol. The lowest BCUT2D eigenvalue weighted by atomic mass is 10.0. The molecule has 0 bridgehead atoms. The highest BCUT2D eigenvalue weighted by Gasteiger charge is 2.22. The Balaban J connectivity index is 2.72. The number of rotatable bonds is 4. The Bertz CT molecular complexity index is 841. The fourth-order valence-corrected chi connectivity index (χ4v) is 2.20. The number of nitro groups is 1. The van der Waals surface area contributed by atoms with Gasteiger partial charge in [-0.1, -0.05) is 12.1 Å². The van der Waals surface area contributed by atoms with Crippen molar-refractivity contribution in [1.29, 1.82) is 0 Å². The maximum absolute atomic E-state index is 12.1. The molecule has 23 heavy (non-hydrogen) atoms. The summed E-state index contributed by atoms with van der Waals surface area (Å²) in [5.74, 6) is -0.646. The van der Waals surface area contributed by atoms with Crippen molar-refractivity contribution < 1.29 is 14.5 Å². The summed E-state index contributed by atoms with van der Waals surface area (Å²) in [6, 6.07) is 4.41. The van der Waals surface area contributed by atoms with E-state index in [0.717, 1.165) is 0 Å². The summed E-state index contributed by atoms with van der Waals surface area (Å²) in [4.78, 5) is 40.6. The molecule has 0 spiro atoms. The highest BCUT2D eigenvalue weighted by atomic mass is 16.6. The molecule has 8 nitrogen and oxygen atoms in total. The molecule has 1 N–H and O–H groups in total. The van der Waals surface area contributed by atoms with Crippen molar-refractivity contribution in [3.05, 3.63) is 55.6 Å². The van der Waals surface area contributed by atoms with Crippen LogP contribution in [0.3, 0.4) is 0 Å². The Hall–Kier alpha value is -3.03. The Morgan fingerprint density at radius 2 is 2.09 bits per heavy atom. The van der Waals surface area contributed by atoms with Crippen LogP contribution < -0.4 is 5.69 Å². The minimum Gasteiger partial charge on any atom is -0.462 e. The molecule has 0 radical (unpaired) electrons. The Kier molecular flexibility index (Phi) is 4.54. The molecule has 120 valence electrons. The lowest BCUT2D eigenvalue weighted by molar-refractivity contribution is -0.385. The lowest BCUT2D eigenvalue weighted by Crippen LogP contribution is -2.19. The topological polar surface area (TPSA) is 115 Å². The first-order valence-electron chi connectivity index (χ1n) is 6.88. The molecule has 0 atom stereocenters. The number of H-pyrrole nitrogens is 1. The third-order valence-electron chi connectivity index (χ3n) is 3.28. The van der Waals surface area contributed by atoms with E-state index in [4.69, 9.17) is 4.74 Å². The number of nitro benzene ring substituents is 1. The minimum absolute atomic E-state index is 0.0628. The number of carbonyl (C=O) groups is 1. The van der Waals surface area contributed by atoms with Crippen LogP contribution >= 0.6 is 0 Å². The zero-order valence-corrected chi connectivity index (χ0v) is 12.9. The fraction of sp³-hybridized carbons (Fsp3) is 0.267. The molecule has 1 aromatic heterocycles. The van der Waals surface area contributed by atoms with Gasteiger partial charge in [0.05, 0.1) is 17.2 Å². The number of aromatic amines is 1. The van der Waals surface area contributed by atoms with E-state index in [1.54, 1.807) is 32.9 Å². The number of carbonyl (C=O) groups excluding carboxylic acids is 1. The SMILES string of the molecule is CCOC(=O)c1c(-c2ccc(C)c([N+](=O)[O-])c2)nc(=O)[nH]c1C. The molecule has 0 aliphatic heterocycles. The molecule has 0 saturated carbocycles. The molecular formula is C15H15N3O5. The fourth-order valence-electron chi connectivity index (χ4n) is 2.20. The molecule has 0 amide bonds. The van der Waals surface area contributed by atoms with Crippen LogP contribution in [-0.2, 0) is 4.74 Å². The van der Waals surface area contributed by atoms with Crippen LogP contribution in [0.5, 0.6) is 0 Å². The molecule has 0 saturated heterocycles. The van der Waals surface area contributed by atoms with E-state index in [1.165, 1.54) is 6.07 Å². The monoisotopic (exact) mass is 317 g/mol. The first-order valence-corrected chi connectivity index (χ1v) is 6.88. The van der Waals surface area contributed by atoms with Crippen LogP contribution in [0.15, 0.2) is 23.0 Å². The summed E-state index contributed by atoms with van der Waals surface area (Å²) in [6.45, 7) is 4.96. The van der Waals surface area contributed by atoms with E-state index in [0.29, 0.717) is 16.8 Å². The predicted octanol–water partition coefficient (Wildman–Crippen LogP) is 2.14. The second-order valence-corrected chi connectivity index (χ2v) is 4.87. The average molecular weight is 317 g/mol. The molecule has 0 aliphatic carbocycles. The molecule has 2 rings (SSSR count). The third-order valence-corrected chi connectivity index (χ3v) is 3.28. The molecule has 0 fully saturated rings. The van der Waals surface area contributed by atoms with Gasteiger partial charge in [-0.3, -0.25) is 10.1 Å². The van der Waals surface area contributed by atoms with Crippen LogP contribution in [-0.4, -0.2) is 27.5 Å². The van der Waals surface area contributed by atoms with Gasteiger partial charge < -0.3 is 9.72 Å². The molecule has 0 unspecified atom stereocenters. The van der Waals surface area contributed by atoms with Gasteiger partial charge in [0.1, 0.15) is 5.56 Å². The number of ether oxygens (including phenoxy) is 1. The van der Waals surface area contributed by atoms with Crippen molar-refractivity contribution in [2.75, 3.05) is 6.61 Å². The molecule has 0 aliphatic rings. The second-order valence-electron chi connectivity index (χ2n) is 4.87.